The van der Waals surface area contributed by atoms with Crippen molar-refractivity contribution in [1.29, 1.82) is 0 Å². The van der Waals surface area contributed by atoms with Gasteiger partial charge < -0.3 is 9.47 Å². The summed E-state index contributed by atoms with van der Waals surface area (Å²) in [5.41, 5.74) is 1.29. The molecule has 2 heterocycles. The molecular weight excluding hydrogens is 374 g/mol. The number of fused-ring (bicyclic) bond motifs is 1. The summed E-state index contributed by atoms with van der Waals surface area (Å²) in [6.07, 6.45) is 0.196. The zero-order valence-electron chi connectivity index (χ0n) is 14.2. The highest BCUT2D eigenvalue weighted by molar-refractivity contribution is 9.10. The van der Waals surface area contributed by atoms with Crippen molar-refractivity contribution in [3.8, 4) is 0 Å². The van der Waals surface area contributed by atoms with Crippen LogP contribution >= 0.6 is 15.9 Å². The van der Waals surface area contributed by atoms with E-state index < -0.39 is 0 Å². The Kier molecular flexibility index (Phi) is 5.22. The highest BCUT2D eigenvalue weighted by Gasteiger charge is 2.25. The Bertz CT molecular complexity index is 746. The van der Waals surface area contributed by atoms with Gasteiger partial charge in [-0.15, -0.1) is 0 Å². The number of ether oxygens (including phenoxy) is 2. The first-order valence-corrected chi connectivity index (χ1v) is 8.97. The second kappa shape index (κ2) is 7.21. The van der Waals surface area contributed by atoms with Crippen molar-refractivity contribution in [2.24, 2.45) is 0 Å². The van der Waals surface area contributed by atoms with Crippen LogP contribution in [0.2, 0.25) is 0 Å². The number of benzene rings is 1. The van der Waals surface area contributed by atoms with Crippen LogP contribution in [-0.4, -0.2) is 52.6 Å². The SMILES string of the molecule is CCOC(=O)c1nn(CN2C[C@H](C)OC[C@H]2C)c2ccc(Br)cc12. The number of rotatable bonds is 4. The van der Waals surface area contributed by atoms with Crippen LogP contribution < -0.4 is 0 Å². The summed E-state index contributed by atoms with van der Waals surface area (Å²) < 4.78 is 13.6. The van der Waals surface area contributed by atoms with E-state index in [2.05, 4.69) is 39.8 Å². The highest BCUT2D eigenvalue weighted by Crippen LogP contribution is 2.25. The lowest BCUT2D eigenvalue weighted by Gasteiger charge is -2.36. The predicted octanol–water partition coefficient (Wildman–Crippen LogP) is 3.04. The number of hydrogen-bond acceptors (Lipinski definition) is 5. The van der Waals surface area contributed by atoms with Gasteiger partial charge in [-0.1, -0.05) is 15.9 Å². The molecule has 1 fully saturated rings. The lowest BCUT2D eigenvalue weighted by molar-refractivity contribution is -0.0617. The van der Waals surface area contributed by atoms with Crippen molar-refractivity contribution < 1.29 is 14.3 Å². The summed E-state index contributed by atoms with van der Waals surface area (Å²) in [7, 11) is 0. The second-order valence-corrected chi connectivity index (χ2v) is 7.05. The normalized spacial score (nSPS) is 22.0. The molecule has 0 amide bonds. The number of halogens is 1. The minimum atomic E-state index is -0.386. The zero-order valence-corrected chi connectivity index (χ0v) is 15.7. The third-order valence-electron chi connectivity index (χ3n) is 4.23. The summed E-state index contributed by atoms with van der Waals surface area (Å²) in [5.74, 6) is -0.386. The van der Waals surface area contributed by atoms with Gasteiger partial charge >= 0.3 is 5.97 Å². The number of morpholine rings is 1. The fourth-order valence-electron chi connectivity index (χ4n) is 2.95. The van der Waals surface area contributed by atoms with E-state index in [-0.39, 0.29) is 12.1 Å². The van der Waals surface area contributed by atoms with E-state index in [1.807, 2.05) is 22.9 Å². The number of aromatic nitrogens is 2. The van der Waals surface area contributed by atoms with Crippen molar-refractivity contribution in [2.75, 3.05) is 19.8 Å². The first-order chi connectivity index (χ1) is 11.5. The van der Waals surface area contributed by atoms with Crippen LogP contribution in [0.3, 0.4) is 0 Å². The molecular formula is C17H22BrN3O3. The van der Waals surface area contributed by atoms with E-state index >= 15 is 0 Å². The highest BCUT2D eigenvalue weighted by atomic mass is 79.9. The molecule has 2 atom stereocenters. The van der Waals surface area contributed by atoms with Crippen molar-refractivity contribution in [1.82, 2.24) is 14.7 Å². The molecule has 1 aromatic carbocycles. The molecule has 24 heavy (non-hydrogen) atoms. The van der Waals surface area contributed by atoms with Gasteiger partial charge in [0.15, 0.2) is 5.69 Å². The molecule has 0 saturated carbocycles. The molecule has 0 spiro atoms. The fourth-order valence-corrected chi connectivity index (χ4v) is 3.31. The van der Waals surface area contributed by atoms with E-state index in [0.29, 0.717) is 31.6 Å². The van der Waals surface area contributed by atoms with E-state index in [0.717, 1.165) is 21.9 Å². The fraction of sp³-hybridized carbons (Fsp3) is 0.529. The summed E-state index contributed by atoms with van der Waals surface area (Å²) in [5, 5.41) is 5.34. The third-order valence-corrected chi connectivity index (χ3v) is 4.73. The Morgan fingerprint density at radius 1 is 1.46 bits per heavy atom. The molecule has 0 N–H and O–H groups in total. The topological polar surface area (TPSA) is 56.6 Å². The number of nitrogens with zero attached hydrogens (tertiary/aromatic N) is 3. The quantitative estimate of drug-likeness (QED) is 0.744. The molecule has 0 radical (unpaired) electrons. The molecule has 3 rings (SSSR count). The molecule has 2 aromatic rings. The number of carbonyl (C=O) groups excluding carboxylic acids is 1. The van der Waals surface area contributed by atoms with Crippen LogP contribution in [0, 0.1) is 0 Å². The Morgan fingerprint density at radius 2 is 2.25 bits per heavy atom. The molecule has 1 aliphatic rings. The van der Waals surface area contributed by atoms with Gasteiger partial charge in [-0.2, -0.15) is 5.10 Å². The van der Waals surface area contributed by atoms with Gasteiger partial charge in [0.2, 0.25) is 0 Å². The molecule has 6 nitrogen and oxygen atoms in total. The maximum absolute atomic E-state index is 12.2. The maximum Gasteiger partial charge on any atom is 0.359 e. The summed E-state index contributed by atoms with van der Waals surface area (Å²) in [6.45, 7) is 8.50. The smallest absolute Gasteiger partial charge is 0.359 e. The predicted molar refractivity (Wildman–Crippen MR) is 95.0 cm³/mol. The van der Waals surface area contributed by atoms with Gasteiger partial charge in [-0.05, 0) is 39.0 Å². The maximum atomic E-state index is 12.2. The van der Waals surface area contributed by atoms with Crippen molar-refractivity contribution in [3.63, 3.8) is 0 Å². The van der Waals surface area contributed by atoms with Crippen molar-refractivity contribution in [2.45, 2.75) is 39.6 Å². The van der Waals surface area contributed by atoms with Crippen LogP contribution in [0.1, 0.15) is 31.3 Å². The lowest BCUT2D eigenvalue weighted by Crippen LogP contribution is -2.47. The lowest BCUT2D eigenvalue weighted by atomic mass is 10.2. The Morgan fingerprint density at radius 3 is 3.00 bits per heavy atom. The second-order valence-electron chi connectivity index (χ2n) is 6.14. The molecule has 0 aliphatic carbocycles. The van der Waals surface area contributed by atoms with E-state index in [9.17, 15) is 4.79 Å². The standard InChI is InChI=1S/C17H22BrN3O3/c1-4-23-17(22)16-14-7-13(18)5-6-15(14)21(19-16)10-20-8-12(3)24-9-11(20)2/h5-7,11-12H,4,8-10H2,1-3H3/t11-,12+/m1/s1. The van der Waals surface area contributed by atoms with Gasteiger partial charge in [-0.25, -0.2) is 9.48 Å². The Hall–Kier alpha value is -1.44. The van der Waals surface area contributed by atoms with Crippen LogP contribution in [0.15, 0.2) is 22.7 Å². The van der Waals surface area contributed by atoms with E-state index in [4.69, 9.17) is 9.47 Å². The molecule has 130 valence electrons. The minimum Gasteiger partial charge on any atom is -0.461 e. The summed E-state index contributed by atoms with van der Waals surface area (Å²) in [4.78, 5) is 14.6. The molecule has 1 aliphatic heterocycles. The Labute approximate surface area is 149 Å². The van der Waals surface area contributed by atoms with E-state index in [1.54, 1.807) is 6.92 Å². The average Bonchev–Trinajstić information content (AvgIpc) is 2.89. The summed E-state index contributed by atoms with van der Waals surface area (Å²) in [6, 6.07) is 6.16. The van der Waals surface area contributed by atoms with Crippen molar-refractivity contribution >= 4 is 32.8 Å². The van der Waals surface area contributed by atoms with Gasteiger partial charge in [0.05, 0.1) is 31.5 Å². The minimum absolute atomic E-state index is 0.196. The third kappa shape index (κ3) is 3.48. The molecule has 0 bridgehead atoms. The van der Waals surface area contributed by atoms with Gasteiger partial charge in [-0.3, -0.25) is 4.90 Å². The van der Waals surface area contributed by atoms with Gasteiger partial charge in [0, 0.05) is 22.4 Å². The molecule has 7 heteroatoms. The molecule has 1 saturated heterocycles. The molecule has 0 unspecified atom stereocenters. The summed E-state index contributed by atoms with van der Waals surface area (Å²) >= 11 is 3.46. The van der Waals surface area contributed by atoms with E-state index in [1.165, 1.54) is 0 Å². The first-order valence-electron chi connectivity index (χ1n) is 8.18. The van der Waals surface area contributed by atoms with Crippen LogP contribution in [0.4, 0.5) is 0 Å². The zero-order chi connectivity index (χ0) is 17.3. The largest absolute Gasteiger partial charge is 0.461 e. The van der Waals surface area contributed by atoms with Gasteiger partial charge in [0.25, 0.3) is 0 Å². The monoisotopic (exact) mass is 395 g/mol. The van der Waals surface area contributed by atoms with Crippen LogP contribution in [0.25, 0.3) is 10.9 Å². The molecule has 1 aromatic heterocycles. The Balaban J connectivity index is 1.97. The average molecular weight is 396 g/mol. The number of esters is 1. The number of carbonyl (C=O) groups is 1. The first kappa shape index (κ1) is 17.4. The van der Waals surface area contributed by atoms with Crippen LogP contribution in [-0.2, 0) is 16.1 Å². The van der Waals surface area contributed by atoms with Crippen LogP contribution in [0.5, 0.6) is 0 Å². The number of hydrogen-bond donors (Lipinski definition) is 0. The van der Waals surface area contributed by atoms with Gasteiger partial charge in [0.1, 0.15) is 0 Å². The van der Waals surface area contributed by atoms with Crippen molar-refractivity contribution in [3.05, 3.63) is 28.4 Å².